The molecule has 1 fully saturated rings. The predicted molar refractivity (Wildman–Crippen MR) is 71.4 cm³/mol. The second-order valence-corrected chi connectivity index (χ2v) is 7.75. The highest BCUT2D eigenvalue weighted by Gasteiger charge is 2.32. The molecule has 1 aromatic heterocycles. The van der Waals surface area contributed by atoms with Crippen molar-refractivity contribution in [3.05, 3.63) is 11.7 Å². The summed E-state index contributed by atoms with van der Waals surface area (Å²) in [6.07, 6.45) is 1.11. The lowest BCUT2D eigenvalue weighted by Crippen LogP contribution is -2.31. The first-order chi connectivity index (χ1) is 9.35. The normalized spacial score (nSPS) is 21.2. The molecule has 112 valence electrons. The summed E-state index contributed by atoms with van der Waals surface area (Å²) in [4.78, 5) is 16.0. The fourth-order valence-corrected chi connectivity index (χ4v) is 3.86. The lowest BCUT2D eigenvalue weighted by Gasteiger charge is -2.06. The Hall–Kier alpha value is -1.44. The van der Waals surface area contributed by atoms with Crippen LogP contribution < -0.4 is 5.32 Å². The standard InChI is InChI=1S/C12H19N3O4S/c1-8(2)5-10-14-11(19-15-10)6-13-12(16)9-3-4-20(17,18)7-9/h8-9H,3-7H2,1-2H3,(H,13,16)/t9-/m0/s1. The van der Waals surface area contributed by atoms with Gasteiger partial charge in [-0.15, -0.1) is 0 Å². The van der Waals surface area contributed by atoms with Gasteiger partial charge in [-0.3, -0.25) is 4.79 Å². The molecule has 0 saturated carbocycles. The van der Waals surface area contributed by atoms with E-state index in [-0.39, 0.29) is 24.0 Å². The first-order valence-corrected chi connectivity index (χ1v) is 8.47. The van der Waals surface area contributed by atoms with E-state index >= 15 is 0 Å². The van der Waals surface area contributed by atoms with E-state index in [4.69, 9.17) is 4.52 Å². The lowest BCUT2D eigenvalue weighted by atomic mass is 10.1. The Morgan fingerprint density at radius 1 is 1.50 bits per heavy atom. The Bertz CT molecular complexity index is 579. The fourth-order valence-electron chi connectivity index (χ4n) is 2.12. The molecule has 0 aromatic carbocycles. The zero-order valence-electron chi connectivity index (χ0n) is 11.6. The number of sulfone groups is 1. The first kappa shape index (κ1) is 15.0. The van der Waals surface area contributed by atoms with Crippen LogP contribution in [0.3, 0.4) is 0 Å². The fraction of sp³-hybridized carbons (Fsp3) is 0.750. The Morgan fingerprint density at radius 3 is 2.85 bits per heavy atom. The van der Waals surface area contributed by atoms with Gasteiger partial charge in [-0.2, -0.15) is 4.98 Å². The van der Waals surface area contributed by atoms with Gasteiger partial charge in [0.15, 0.2) is 15.7 Å². The number of aromatic nitrogens is 2. The van der Waals surface area contributed by atoms with Gasteiger partial charge in [0.05, 0.1) is 24.0 Å². The van der Waals surface area contributed by atoms with Crippen molar-refractivity contribution in [2.75, 3.05) is 11.5 Å². The Kier molecular flexibility index (Phi) is 4.42. The highest BCUT2D eigenvalue weighted by Crippen LogP contribution is 2.18. The quantitative estimate of drug-likeness (QED) is 0.840. The molecular formula is C12H19N3O4S. The number of hydrogen-bond donors (Lipinski definition) is 1. The van der Waals surface area contributed by atoms with Crippen molar-refractivity contribution in [2.24, 2.45) is 11.8 Å². The van der Waals surface area contributed by atoms with Crippen LogP contribution in [0.25, 0.3) is 0 Å². The third-order valence-electron chi connectivity index (χ3n) is 3.12. The van der Waals surface area contributed by atoms with E-state index < -0.39 is 15.8 Å². The smallest absolute Gasteiger partial charge is 0.246 e. The maximum atomic E-state index is 11.8. The summed E-state index contributed by atoms with van der Waals surface area (Å²) >= 11 is 0. The molecule has 2 heterocycles. The van der Waals surface area contributed by atoms with Gasteiger partial charge in [-0.1, -0.05) is 19.0 Å². The van der Waals surface area contributed by atoms with Gasteiger partial charge in [0.2, 0.25) is 11.8 Å². The molecule has 1 aliphatic rings. The van der Waals surface area contributed by atoms with Crippen LogP contribution in [0.2, 0.25) is 0 Å². The molecule has 0 radical (unpaired) electrons. The van der Waals surface area contributed by atoms with Crippen LogP contribution in [0.5, 0.6) is 0 Å². The predicted octanol–water partition coefficient (Wildman–Crippen LogP) is 0.319. The summed E-state index contributed by atoms with van der Waals surface area (Å²) in [5.74, 6) is 0.680. The molecule has 1 N–H and O–H groups in total. The van der Waals surface area contributed by atoms with Gasteiger partial charge < -0.3 is 9.84 Å². The monoisotopic (exact) mass is 301 g/mol. The molecule has 1 aromatic rings. The molecule has 8 heteroatoms. The van der Waals surface area contributed by atoms with Crippen LogP contribution in [-0.2, 0) is 27.6 Å². The van der Waals surface area contributed by atoms with Crippen LogP contribution in [0.1, 0.15) is 32.0 Å². The van der Waals surface area contributed by atoms with E-state index in [1.54, 1.807) is 0 Å². The third kappa shape index (κ3) is 4.03. The van der Waals surface area contributed by atoms with Crippen molar-refractivity contribution in [3.63, 3.8) is 0 Å². The molecule has 7 nitrogen and oxygen atoms in total. The Balaban J connectivity index is 1.83. The summed E-state index contributed by atoms with van der Waals surface area (Å²) in [5, 5.41) is 6.47. The van der Waals surface area contributed by atoms with E-state index in [1.807, 2.05) is 0 Å². The van der Waals surface area contributed by atoms with Crippen molar-refractivity contribution < 1.29 is 17.7 Å². The van der Waals surface area contributed by atoms with Crippen LogP contribution in [0.15, 0.2) is 4.52 Å². The van der Waals surface area contributed by atoms with Gasteiger partial charge in [-0.25, -0.2) is 8.42 Å². The van der Waals surface area contributed by atoms with Crippen LogP contribution in [-0.4, -0.2) is 36.0 Å². The highest BCUT2D eigenvalue weighted by molar-refractivity contribution is 7.91. The number of amides is 1. The second kappa shape index (κ2) is 5.90. The summed E-state index contributed by atoms with van der Waals surface area (Å²) in [7, 11) is -3.05. The minimum Gasteiger partial charge on any atom is -0.347 e. The minimum absolute atomic E-state index is 0.0682. The van der Waals surface area contributed by atoms with Gasteiger partial charge in [-0.05, 0) is 12.3 Å². The van der Waals surface area contributed by atoms with Crippen LogP contribution >= 0.6 is 0 Å². The van der Waals surface area contributed by atoms with Crippen LogP contribution in [0.4, 0.5) is 0 Å². The minimum atomic E-state index is -3.05. The largest absolute Gasteiger partial charge is 0.347 e. The zero-order valence-corrected chi connectivity index (χ0v) is 12.4. The number of carbonyl (C=O) groups excluding carboxylic acids is 1. The maximum absolute atomic E-state index is 11.8. The number of carbonyl (C=O) groups is 1. The molecule has 1 saturated heterocycles. The molecule has 0 unspecified atom stereocenters. The topological polar surface area (TPSA) is 102 Å². The van der Waals surface area contributed by atoms with Gasteiger partial charge in [0.25, 0.3) is 0 Å². The van der Waals surface area contributed by atoms with E-state index in [0.29, 0.717) is 24.1 Å². The van der Waals surface area contributed by atoms with Gasteiger partial charge >= 0.3 is 0 Å². The summed E-state index contributed by atoms with van der Waals surface area (Å²) in [5.41, 5.74) is 0. The van der Waals surface area contributed by atoms with E-state index in [1.165, 1.54) is 0 Å². The molecule has 1 atom stereocenters. The van der Waals surface area contributed by atoms with Gasteiger partial charge in [0.1, 0.15) is 0 Å². The van der Waals surface area contributed by atoms with Crippen molar-refractivity contribution in [3.8, 4) is 0 Å². The van der Waals surface area contributed by atoms with Crippen LogP contribution in [0, 0.1) is 11.8 Å². The highest BCUT2D eigenvalue weighted by atomic mass is 32.2. The Labute approximate surface area is 118 Å². The summed E-state index contributed by atoms with van der Waals surface area (Å²) in [6.45, 7) is 4.25. The first-order valence-electron chi connectivity index (χ1n) is 6.65. The molecule has 1 aliphatic heterocycles. The third-order valence-corrected chi connectivity index (χ3v) is 4.89. The van der Waals surface area contributed by atoms with E-state index in [0.717, 1.165) is 6.42 Å². The Morgan fingerprint density at radius 2 is 2.25 bits per heavy atom. The molecule has 0 spiro atoms. The maximum Gasteiger partial charge on any atom is 0.246 e. The molecule has 2 rings (SSSR count). The number of rotatable bonds is 5. The summed E-state index contributed by atoms with van der Waals surface area (Å²) in [6, 6.07) is 0. The number of hydrogen-bond acceptors (Lipinski definition) is 6. The molecule has 1 amide bonds. The number of nitrogens with zero attached hydrogens (tertiary/aromatic N) is 2. The lowest BCUT2D eigenvalue weighted by molar-refractivity contribution is -0.124. The molecular weight excluding hydrogens is 282 g/mol. The van der Waals surface area contributed by atoms with Crippen molar-refractivity contribution in [2.45, 2.75) is 33.2 Å². The average molecular weight is 301 g/mol. The van der Waals surface area contributed by atoms with Gasteiger partial charge in [0, 0.05) is 6.42 Å². The van der Waals surface area contributed by atoms with Crippen molar-refractivity contribution in [1.29, 1.82) is 0 Å². The molecule has 0 bridgehead atoms. The molecule has 20 heavy (non-hydrogen) atoms. The second-order valence-electron chi connectivity index (χ2n) is 5.52. The van der Waals surface area contributed by atoms with E-state index in [9.17, 15) is 13.2 Å². The van der Waals surface area contributed by atoms with Crippen molar-refractivity contribution >= 4 is 15.7 Å². The van der Waals surface area contributed by atoms with E-state index in [2.05, 4.69) is 29.3 Å². The zero-order chi connectivity index (χ0) is 14.8. The SMILES string of the molecule is CC(C)Cc1noc(CNC(=O)[C@H]2CCS(=O)(=O)C2)n1. The number of nitrogens with one attached hydrogen (secondary N) is 1. The molecule has 0 aliphatic carbocycles. The van der Waals surface area contributed by atoms with Crippen molar-refractivity contribution in [1.82, 2.24) is 15.5 Å². The summed E-state index contributed by atoms with van der Waals surface area (Å²) < 4.78 is 27.6. The average Bonchev–Trinajstić information content (AvgIpc) is 2.92.